The first kappa shape index (κ1) is 20.4. The summed E-state index contributed by atoms with van der Waals surface area (Å²) in [4.78, 5) is 22.7. The molecule has 0 unspecified atom stereocenters. The average molecular weight is 320 g/mol. The summed E-state index contributed by atoms with van der Waals surface area (Å²) >= 11 is 0. The number of aliphatic hydroxyl groups is 2. The third kappa shape index (κ3) is 10.2. The summed E-state index contributed by atoms with van der Waals surface area (Å²) in [5.41, 5.74) is 0. The van der Waals surface area contributed by atoms with Crippen LogP contribution >= 0.6 is 0 Å². The molecular formula is C12H28N6O4. The Hall–Kier alpha value is -1.62. The minimum atomic E-state index is -0.409. The molecule has 10 nitrogen and oxygen atoms in total. The molecule has 0 aliphatic carbocycles. The molecule has 0 saturated heterocycles. The van der Waals surface area contributed by atoms with Crippen molar-refractivity contribution in [2.75, 3.05) is 39.4 Å². The normalized spacial score (nSPS) is 10.2. The van der Waals surface area contributed by atoms with E-state index in [1.165, 1.54) is 0 Å². The first-order valence-electron chi connectivity index (χ1n) is 7.34. The molecule has 8 N–H and O–H groups in total. The molecule has 0 fully saturated rings. The van der Waals surface area contributed by atoms with Gasteiger partial charge in [0.1, 0.15) is 0 Å². The Morgan fingerprint density at radius 3 is 1.45 bits per heavy atom. The van der Waals surface area contributed by atoms with Crippen LogP contribution in [0.3, 0.4) is 0 Å². The van der Waals surface area contributed by atoms with Gasteiger partial charge in [-0.25, -0.2) is 21.3 Å². The lowest BCUT2D eigenvalue weighted by Gasteiger charge is -2.16. The molecule has 0 saturated carbocycles. The number of nitrogens with two attached hydrogens (primary N) is 2. The van der Waals surface area contributed by atoms with Gasteiger partial charge in [0, 0.05) is 13.1 Å². The molecular weight excluding hydrogens is 292 g/mol. The Morgan fingerprint density at radius 1 is 0.773 bits per heavy atom. The molecule has 0 rings (SSSR count). The number of carbonyl (C=O) groups excluding carboxylic acids is 2. The van der Waals surface area contributed by atoms with Crippen molar-refractivity contribution in [3.8, 4) is 0 Å². The van der Waals surface area contributed by atoms with Crippen LogP contribution in [0, 0.1) is 0 Å². The molecule has 10 heteroatoms. The number of aliphatic hydroxyl groups excluding tert-OH is 2. The second-order valence-corrected chi connectivity index (χ2v) is 4.71. The van der Waals surface area contributed by atoms with Crippen molar-refractivity contribution in [1.29, 1.82) is 0 Å². The van der Waals surface area contributed by atoms with E-state index in [9.17, 15) is 9.59 Å². The Labute approximate surface area is 130 Å². The maximum atomic E-state index is 11.4. The highest BCUT2D eigenvalue weighted by atomic mass is 16.3. The molecule has 0 atom stereocenters. The average Bonchev–Trinajstić information content (AvgIpc) is 2.49. The lowest BCUT2D eigenvalue weighted by Crippen LogP contribution is -2.46. The van der Waals surface area contributed by atoms with Crippen LogP contribution in [0.1, 0.15) is 25.7 Å². The lowest BCUT2D eigenvalue weighted by molar-refractivity contribution is 0.178. The summed E-state index contributed by atoms with van der Waals surface area (Å²) < 4.78 is 0. The van der Waals surface area contributed by atoms with E-state index in [0.29, 0.717) is 13.1 Å². The van der Waals surface area contributed by atoms with Gasteiger partial charge in [-0.3, -0.25) is 10.0 Å². The van der Waals surface area contributed by atoms with E-state index in [1.54, 1.807) is 0 Å². The van der Waals surface area contributed by atoms with E-state index in [1.807, 2.05) is 0 Å². The smallest absolute Gasteiger partial charge is 0.331 e. The number of rotatable bonds is 11. The van der Waals surface area contributed by atoms with Gasteiger partial charge >= 0.3 is 12.1 Å². The molecule has 0 bridgehead atoms. The lowest BCUT2D eigenvalue weighted by atomic mass is 10.2. The highest BCUT2D eigenvalue weighted by Gasteiger charge is 2.07. The van der Waals surface area contributed by atoms with Crippen LogP contribution in [0.4, 0.5) is 9.59 Å². The molecule has 0 aliphatic heterocycles. The topological polar surface area (TPSA) is 157 Å². The summed E-state index contributed by atoms with van der Waals surface area (Å²) in [5, 5.41) is 24.4. The second kappa shape index (κ2) is 13.1. The van der Waals surface area contributed by atoms with Gasteiger partial charge in [-0.2, -0.15) is 0 Å². The van der Waals surface area contributed by atoms with Gasteiger partial charge in [0.05, 0.1) is 26.3 Å². The predicted octanol–water partition coefficient (Wildman–Crippen LogP) is -1.70. The van der Waals surface area contributed by atoms with Crippen molar-refractivity contribution in [3.63, 3.8) is 0 Å². The molecule has 22 heavy (non-hydrogen) atoms. The van der Waals surface area contributed by atoms with Crippen LogP contribution in [0.25, 0.3) is 0 Å². The Bertz CT molecular complexity index is 288. The van der Waals surface area contributed by atoms with Crippen LogP contribution in [-0.4, -0.2) is 71.7 Å². The summed E-state index contributed by atoms with van der Waals surface area (Å²) in [5.74, 6) is 10.7. The molecule has 4 amide bonds. The first-order valence-corrected chi connectivity index (χ1v) is 7.34. The van der Waals surface area contributed by atoms with E-state index in [2.05, 4.69) is 10.6 Å². The molecule has 0 spiro atoms. The van der Waals surface area contributed by atoms with E-state index in [4.69, 9.17) is 21.9 Å². The van der Waals surface area contributed by atoms with Gasteiger partial charge < -0.3 is 20.8 Å². The molecule has 0 radical (unpaired) electrons. The number of nitrogens with zero attached hydrogens (tertiary/aromatic N) is 2. The molecule has 0 aromatic rings. The maximum absolute atomic E-state index is 11.4. The van der Waals surface area contributed by atoms with Crippen LogP contribution in [0.15, 0.2) is 0 Å². The van der Waals surface area contributed by atoms with Gasteiger partial charge in [0.15, 0.2) is 0 Å². The molecule has 0 aromatic carbocycles. The number of unbranched alkanes of at least 4 members (excludes halogenated alkanes) is 3. The van der Waals surface area contributed by atoms with E-state index < -0.39 is 12.1 Å². The monoisotopic (exact) mass is 320 g/mol. The molecule has 0 aromatic heterocycles. The first-order chi connectivity index (χ1) is 10.5. The summed E-state index contributed by atoms with van der Waals surface area (Å²) in [7, 11) is 0. The zero-order valence-electron chi connectivity index (χ0n) is 12.8. The quantitative estimate of drug-likeness (QED) is 0.115. The summed E-state index contributed by atoms with van der Waals surface area (Å²) in [6, 6.07) is -0.818. The highest BCUT2D eigenvalue weighted by molar-refractivity contribution is 5.73. The Morgan fingerprint density at radius 2 is 1.14 bits per heavy atom. The van der Waals surface area contributed by atoms with E-state index in [-0.39, 0.29) is 26.3 Å². The van der Waals surface area contributed by atoms with E-state index in [0.717, 1.165) is 35.7 Å². The van der Waals surface area contributed by atoms with Crippen molar-refractivity contribution in [2.24, 2.45) is 11.7 Å². The van der Waals surface area contributed by atoms with Gasteiger partial charge in [-0.1, -0.05) is 12.8 Å². The van der Waals surface area contributed by atoms with Crippen molar-refractivity contribution in [1.82, 2.24) is 20.7 Å². The number of hydrogen-bond donors (Lipinski definition) is 6. The van der Waals surface area contributed by atoms with Crippen molar-refractivity contribution in [2.45, 2.75) is 25.7 Å². The second-order valence-electron chi connectivity index (χ2n) is 4.71. The SMILES string of the molecule is NN(CCO)C(=O)NCCCCCCNC(=O)N(N)CCO. The fraction of sp³-hybridized carbons (Fsp3) is 0.833. The van der Waals surface area contributed by atoms with Crippen LogP contribution in [0.2, 0.25) is 0 Å². The largest absolute Gasteiger partial charge is 0.394 e. The van der Waals surface area contributed by atoms with Crippen molar-refractivity contribution in [3.05, 3.63) is 0 Å². The third-order valence-corrected chi connectivity index (χ3v) is 2.86. The number of hydrazine groups is 2. The number of nitrogens with one attached hydrogen (secondary N) is 2. The minimum Gasteiger partial charge on any atom is -0.394 e. The van der Waals surface area contributed by atoms with Gasteiger partial charge in [-0.15, -0.1) is 0 Å². The number of urea groups is 2. The van der Waals surface area contributed by atoms with Crippen LogP contribution in [0.5, 0.6) is 0 Å². The van der Waals surface area contributed by atoms with Crippen molar-refractivity contribution < 1.29 is 19.8 Å². The number of hydrogen-bond acceptors (Lipinski definition) is 6. The minimum absolute atomic E-state index is 0.0972. The van der Waals surface area contributed by atoms with Gasteiger partial charge in [0.2, 0.25) is 0 Å². The van der Waals surface area contributed by atoms with Crippen LogP contribution < -0.4 is 22.3 Å². The third-order valence-electron chi connectivity index (χ3n) is 2.86. The fourth-order valence-electron chi connectivity index (χ4n) is 1.62. The van der Waals surface area contributed by atoms with Gasteiger partial charge in [-0.05, 0) is 12.8 Å². The zero-order valence-corrected chi connectivity index (χ0v) is 12.8. The molecule has 130 valence electrons. The fourth-order valence-corrected chi connectivity index (χ4v) is 1.62. The van der Waals surface area contributed by atoms with E-state index >= 15 is 0 Å². The molecule has 0 heterocycles. The standard InChI is InChI=1S/C12H28N6O4/c13-17(7-9-19)11(21)15-5-3-1-2-4-6-16-12(22)18(14)8-10-20/h19-20H,1-10,13-14H2,(H,15,21)(H,16,22). The number of amides is 4. The number of carbonyl (C=O) groups is 2. The Kier molecular flexibility index (Phi) is 12.1. The zero-order chi connectivity index (χ0) is 16.8. The van der Waals surface area contributed by atoms with Gasteiger partial charge in [0.25, 0.3) is 0 Å². The predicted molar refractivity (Wildman–Crippen MR) is 81.2 cm³/mol. The summed E-state index contributed by atoms with van der Waals surface area (Å²) in [6.45, 7) is 0.872. The maximum Gasteiger partial charge on any atom is 0.331 e. The van der Waals surface area contributed by atoms with Crippen molar-refractivity contribution >= 4 is 12.1 Å². The highest BCUT2D eigenvalue weighted by Crippen LogP contribution is 1.98. The summed E-state index contributed by atoms with van der Waals surface area (Å²) in [6.07, 6.45) is 3.42. The van der Waals surface area contributed by atoms with Crippen LogP contribution in [-0.2, 0) is 0 Å². The Balaban J connectivity index is 3.44. The molecule has 0 aliphatic rings.